The van der Waals surface area contributed by atoms with Crippen molar-refractivity contribution in [1.29, 1.82) is 0 Å². The van der Waals surface area contributed by atoms with E-state index < -0.39 is 5.97 Å². The van der Waals surface area contributed by atoms with Crippen molar-refractivity contribution in [3.63, 3.8) is 0 Å². The van der Waals surface area contributed by atoms with E-state index in [0.29, 0.717) is 34.5 Å². The summed E-state index contributed by atoms with van der Waals surface area (Å²) in [5.74, 6) is 0.238. The van der Waals surface area contributed by atoms with E-state index in [1.54, 1.807) is 18.2 Å². The van der Waals surface area contributed by atoms with Crippen LogP contribution < -0.4 is 9.47 Å². The number of rotatable bonds is 7. The molecular weight excluding hydrogens is 390 g/mol. The molecule has 0 amide bonds. The van der Waals surface area contributed by atoms with Crippen LogP contribution in [0.3, 0.4) is 0 Å². The molecule has 0 unspecified atom stereocenters. The lowest BCUT2D eigenvalue weighted by atomic mass is 10.1. The van der Waals surface area contributed by atoms with Gasteiger partial charge in [0, 0.05) is 10.6 Å². The number of carbonyl (C=O) groups is 1. The number of benzene rings is 2. The second-order valence-electron chi connectivity index (χ2n) is 6.63. The fraction of sp³-hybridized carbons (Fsp3) is 0.217. The monoisotopic (exact) mass is 411 g/mol. The first kappa shape index (κ1) is 20.7. The number of aromatic carboxylic acids is 1. The standard InChI is InChI=1S/C23H22ClNO4/c1-4-28-22-12-16(24)6-7-17(22)19-9-8-18(23(26)27)20(25-19)13-29-21-10-5-14(2)11-15(21)3/h5-12H,4,13H2,1-3H3,(H,26,27). The van der Waals surface area contributed by atoms with Gasteiger partial charge in [-0.15, -0.1) is 0 Å². The van der Waals surface area contributed by atoms with Gasteiger partial charge in [0.15, 0.2) is 0 Å². The molecule has 1 heterocycles. The van der Waals surface area contributed by atoms with Gasteiger partial charge in [0.25, 0.3) is 0 Å². The fourth-order valence-electron chi connectivity index (χ4n) is 3.05. The summed E-state index contributed by atoms with van der Waals surface area (Å²) in [6, 6.07) is 14.3. The molecule has 150 valence electrons. The Kier molecular flexibility index (Phi) is 6.39. The predicted molar refractivity (Wildman–Crippen MR) is 113 cm³/mol. The lowest BCUT2D eigenvalue weighted by Gasteiger charge is -2.14. The van der Waals surface area contributed by atoms with Crippen molar-refractivity contribution in [2.24, 2.45) is 0 Å². The van der Waals surface area contributed by atoms with Gasteiger partial charge in [-0.1, -0.05) is 29.3 Å². The van der Waals surface area contributed by atoms with E-state index in [2.05, 4.69) is 4.98 Å². The smallest absolute Gasteiger partial charge is 0.337 e. The molecule has 6 heteroatoms. The summed E-state index contributed by atoms with van der Waals surface area (Å²) >= 11 is 6.08. The van der Waals surface area contributed by atoms with Gasteiger partial charge in [-0.05, 0) is 62.7 Å². The molecule has 2 aromatic carbocycles. The average molecular weight is 412 g/mol. The quantitative estimate of drug-likeness (QED) is 0.540. The minimum absolute atomic E-state index is 0.0386. The predicted octanol–water partition coefficient (Wildman–Crippen LogP) is 5.69. The number of ether oxygens (including phenoxy) is 2. The second-order valence-corrected chi connectivity index (χ2v) is 7.06. The van der Waals surface area contributed by atoms with Crippen molar-refractivity contribution in [1.82, 2.24) is 4.98 Å². The molecule has 0 atom stereocenters. The molecule has 0 radical (unpaired) electrons. The Balaban J connectivity index is 1.97. The Hall–Kier alpha value is -3.05. The Bertz CT molecular complexity index is 1050. The first-order chi connectivity index (χ1) is 13.9. The van der Waals surface area contributed by atoms with E-state index in [4.69, 9.17) is 21.1 Å². The van der Waals surface area contributed by atoms with Crippen molar-refractivity contribution >= 4 is 17.6 Å². The maximum atomic E-state index is 11.7. The van der Waals surface area contributed by atoms with Crippen LogP contribution in [0.25, 0.3) is 11.3 Å². The van der Waals surface area contributed by atoms with Gasteiger partial charge in [0.05, 0.1) is 23.6 Å². The summed E-state index contributed by atoms with van der Waals surface area (Å²) in [5.41, 5.74) is 3.88. The molecule has 1 N–H and O–H groups in total. The van der Waals surface area contributed by atoms with Crippen LogP contribution in [-0.2, 0) is 6.61 Å². The van der Waals surface area contributed by atoms with Gasteiger partial charge < -0.3 is 14.6 Å². The molecule has 0 saturated heterocycles. The molecule has 0 spiro atoms. The lowest BCUT2D eigenvalue weighted by molar-refractivity contribution is 0.0693. The zero-order valence-electron chi connectivity index (χ0n) is 16.5. The molecule has 0 aliphatic rings. The molecule has 0 aliphatic carbocycles. The van der Waals surface area contributed by atoms with E-state index in [9.17, 15) is 9.90 Å². The van der Waals surface area contributed by atoms with Gasteiger partial charge in [-0.25, -0.2) is 9.78 Å². The average Bonchev–Trinajstić information content (AvgIpc) is 2.67. The molecule has 3 rings (SSSR count). The Morgan fingerprint density at radius 1 is 1.03 bits per heavy atom. The third-order valence-electron chi connectivity index (χ3n) is 4.42. The third-order valence-corrected chi connectivity index (χ3v) is 4.65. The van der Waals surface area contributed by atoms with Crippen LogP contribution in [0.1, 0.15) is 34.1 Å². The van der Waals surface area contributed by atoms with Gasteiger partial charge in [-0.3, -0.25) is 0 Å². The van der Waals surface area contributed by atoms with Crippen molar-refractivity contribution in [2.75, 3.05) is 6.61 Å². The maximum Gasteiger partial charge on any atom is 0.337 e. The maximum absolute atomic E-state index is 11.7. The summed E-state index contributed by atoms with van der Waals surface area (Å²) in [6.45, 7) is 6.35. The highest BCUT2D eigenvalue weighted by molar-refractivity contribution is 6.30. The number of hydrogen-bond donors (Lipinski definition) is 1. The fourth-order valence-corrected chi connectivity index (χ4v) is 3.21. The normalized spacial score (nSPS) is 10.6. The number of carboxylic acids is 1. The summed E-state index contributed by atoms with van der Waals surface area (Å²) < 4.78 is 11.6. The van der Waals surface area contributed by atoms with Crippen LogP contribution in [-0.4, -0.2) is 22.7 Å². The molecule has 0 fully saturated rings. The zero-order valence-corrected chi connectivity index (χ0v) is 17.3. The van der Waals surface area contributed by atoms with Gasteiger partial charge >= 0.3 is 5.97 Å². The van der Waals surface area contributed by atoms with Crippen LogP contribution in [0.2, 0.25) is 5.02 Å². The molecule has 0 aliphatic heterocycles. The van der Waals surface area contributed by atoms with E-state index >= 15 is 0 Å². The highest BCUT2D eigenvalue weighted by atomic mass is 35.5. The number of aryl methyl sites for hydroxylation is 2. The highest BCUT2D eigenvalue weighted by Gasteiger charge is 2.16. The Labute approximate surface area is 174 Å². The van der Waals surface area contributed by atoms with Crippen LogP contribution in [0.5, 0.6) is 11.5 Å². The summed E-state index contributed by atoms with van der Waals surface area (Å²) in [4.78, 5) is 16.2. The molecule has 0 bridgehead atoms. The molecular formula is C23H22ClNO4. The largest absolute Gasteiger partial charge is 0.493 e. The van der Waals surface area contributed by atoms with E-state index in [-0.39, 0.29) is 12.2 Å². The lowest BCUT2D eigenvalue weighted by Crippen LogP contribution is -2.09. The van der Waals surface area contributed by atoms with Crippen LogP contribution in [0.4, 0.5) is 0 Å². The molecule has 5 nitrogen and oxygen atoms in total. The summed E-state index contributed by atoms with van der Waals surface area (Å²) in [7, 11) is 0. The minimum atomic E-state index is -1.05. The van der Waals surface area contributed by atoms with E-state index in [1.807, 2.05) is 45.0 Å². The Morgan fingerprint density at radius 3 is 2.52 bits per heavy atom. The topological polar surface area (TPSA) is 68.7 Å². The number of carboxylic acid groups (broad SMARTS) is 1. The number of aromatic nitrogens is 1. The minimum Gasteiger partial charge on any atom is -0.493 e. The van der Waals surface area contributed by atoms with Crippen molar-refractivity contribution < 1.29 is 19.4 Å². The SMILES string of the molecule is CCOc1cc(Cl)ccc1-c1ccc(C(=O)O)c(COc2ccc(C)cc2C)n1. The van der Waals surface area contributed by atoms with Gasteiger partial charge in [0.1, 0.15) is 18.1 Å². The van der Waals surface area contributed by atoms with Crippen LogP contribution in [0, 0.1) is 13.8 Å². The second kappa shape index (κ2) is 8.97. The molecule has 29 heavy (non-hydrogen) atoms. The van der Waals surface area contributed by atoms with Crippen molar-refractivity contribution in [3.8, 4) is 22.8 Å². The van der Waals surface area contributed by atoms with E-state index in [1.165, 1.54) is 6.07 Å². The Morgan fingerprint density at radius 2 is 1.83 bits per heavy atom. The molecule has 1 aromatic heterocycles. The van der Waals surface area contributed by atoms with Crippen molar-refractivity contribution in [3.05, 3.63) is 75.9 Å². The highest BCUT2D eigenvalue weighted by Crippen LogP contribution is 2.32. The number of pyridine rings is 1. The number of hydrogen-bond acceptors (Lipinski definition) is 4. The van der Waals surface area contributed by atoms with Crippen LogP contribution in [0.15, 0.2) is 48.5 Å². The third kappa shape index (κ3) is 4.87. The first-order valence-corrected chi connectivity index (χ1v) is 9.62. The number of halogens is 1. The van der Waals surface area contributed by atoms with Gasteiger partial charge in [0.2, 0.25) is 0 Å². The molecule has 3 aromatic rings. The zero-order chi connectivity index (χ0) is 21.0. The number of nitrogens with zero attached hydrogens (tertiary/aromatic N) is 1. The van der Waals surface area contributed by atoms with Gasteiger partial charge in [-0.2, -0.15) is 0 Å². The summed E-state index contributed by atoms with van der Waals surface area (Å²) in [5, 5.41) is 10.1. The van der Waals surface area contributed by atoms with Crippen LogP contribution >= 0.6 is 11.6 Å². The molecule has 0 saturated carbocycles. The summed E-state index contributed by atoms with van der Waals surface area (Å²) in [6.07, 6.45) is 0. The first-order valence-electron chi connectivity index (χ1n) is 9.25. The van der Waals surface area contributed by atoms with E-state index in [0.717, 1.165) is 16.7 Å². The van der Waals surface area contributed by atoms with Crippen molar-refractivity contribution in [2.45, 2.75) is 27.4 Å².